The van der Waals surface area contributed by atoms with Crippen LogP contribution in [0.25, 0.3) is 0 Å². The monoisotopic (exact) mass is 267 g/mol. The zero-order chi connectivity index (χ0) is 13.9. The molecule has 1 saturated carbocycles. The van der Waals surface area contributed by atoms with Crippen molar-refractivity contribution in [1.82, 2.24) is 10.2 Å². The molecule has 0 aromatic heterocycles. The minimum Gasteiger partial charge on any atom is -0.353 e. The number of likely N-dealkylation sites (tertiary alicyclic amines) is 1. The summed E-state index contributed by atoms with van der Waals surface area (Å²) < 4.78 is 0. The number of nitrogens with zero attached hydrogens (tertiary/aromatic N) is 1. The lowest BCUT2D eigenvalue weighted by atomic mass is 9.81. The molecule has 3 N–H and O–H groups in total. The molecule has 1 aliphatic heterocycles. The van der Waals surface area contributed by atoms with E-state index in [4.69, 9.17) is 5.73 Å². The van der Waals surface area contributed by atoms with Crippen LogP contribution in [0.2, 0.25) is 0 Å². The van der Waals surface area contributed by atoms with Crippen LogP contribution < -0.4 is 11.1 Å². The van der Waals surface area contributed by atoms with Crippen molar-refractivity contribution in [3.8, 4) is 0 Å². The van der Waals surface area contributed by atoms with Crippen molar-refractivity contribution in [3.63, 3.8) is 0 Å². The van der Waals surface area contributed by atoms with Gasteiger partial charge in [-0.25, -0.2) is 0 Å². The van der Waals surface area contributed by atoms with Gasteiger partial charge in [0, 0.05) is 26.1 Å². The number of piperidine rings is 1. The maximum atomic E-state index is 12.5. The maximum absolute atomic E-state index is 12.5. The number of nitrogens with two attached hydrogens (primary N) is 1. The third kappa shape index (κ3) is 3.47. The summed E-state index contributed by atoms with van der Waals surface area (Å²) in [5, 5.41) is 2.92. The molecule has 0 radical (unpaired) electrons. The molecule has 1 aliphatic carbocycles. The number of nitrogens with one attached hydrogen (secondary N) is 1. The Morgan fingerprint density at radius 3 is 2.26 bits per heavy atom. The fourth-order valence-corrected chi connectivity index (χ4v) is 3.23. The van der Waals surface area contributed by atoms with Crippen LogP contribution in [0.1, 0.15) is 51.9 Å². The van der Waals surface area contributed by atoms with Gasteiger partial charge in [-0.3, -0.25) is 9.59 Å². The minimum atomic E-state index is -0.626. The van der Waals surface area contributed by atoms with E-state index in [1.54, 1.807) is 0 Å². The van der Waals surface area contributed by atoms with Gasteiger partial charge < -0.3 is 16.0 Å². The van der Waals surface area contributed by atoms with Crippen molar-refractivity contribution in [2.24, 2.45) is 5.73 Å². The normalized spacial score (nSPS) is 24.0. The molecule has 2 rings (SSSR count). The van der Waals surface area contributed by atoms with Gasteiger partial charge in [0.2, 0.25) is 11.8 Å². The molecule has 5 heteroatoms. The lowest BCUT2D eigenvalue weighted by Crippen LogP contribution is -2.58. The molecule has 1 heterocycles. The average Bonchev–Trinajstić information content (AvgIpc) is 2.39. The van der Waals surface area contributed by atoms with Gasteiger partial charge >= 0.3 is 0 Å². The van der Waals surface area contributed by atoms with E-state index < -0.39 is 5.54 Å². The Bertz CT molecular complexity index is 343. The highest BCUT2D eigenvalue weighted by Gasteiger charge is 2.39. The van der Waals surface area contributed by atoms with Crippen LogP contribution >= 0.6 is 0 Å². The second-order valence-electron chi connectivity index (χ2n) is 5.98. The van der Waals surface area contributed by atoms with Gasteiger partial charge in [0.15, 0.2) is 0 Å². The highest BCUT2D eigenvalue weighted by atomic mass is 16.2. The quantitative estimate of drug-likeness (QED) is 0.776. The molecule has 1 saturated heterocycles. The Labute approximate surface area is 114 Å². The van der Waals surface area contributed by atoms with Gasteiger partial charge in [-0.05, 0) is 25.7 Å². The van der Waals surface area contributed by atoms with Gasteiger partial charge in [-0.15, -0.1) is 0 Å². The summed E-state index contributed by atoms with van der Waals surface area (Å²) in [5.41, 5.74) is 5.66. The van der Waals surface area contributed by atoms with E-state index in [0.29, 0.717) is 13.1 Å². The molecule has 0 bridgehead atoms. The molecule has 0 spiro atoms. The van der Waals surface area contributed by atoms with Crippen LogP contribution in [0.4, 0.5) is 0 Å². The number of rotatable bonds is 2. The Hall–Kier alpha value is -1.10. The van der Waals surface area contributed by atoms with Gasteiger partial charge in [-0.2, -0.15) is 0 Å². The van der Waals surface area contributed by atoms with Crippen molar-refractivity contribution in [2.75, 3.05) is 13.1 Å². The third-order valence-electron chi connectivity index (χ3n) is 4.36. The Balaban J connectivity index is 1.86. The molecule has 19 heavy (non-hydrogen) atoms. The lowest BCUT2D eigenvalue weighted by Gasteiger charge is -2.40. The summed E-state index contributed by atoms with van der Waals surface area (Å²) in [7, 11) is 0. The van der Waals surface area contributed by atoms with E-state index in [0.717, 1.165) is 38.5 Å². The first-order valence-electron chi connectivity index (χ1n) is 7.37. The Kier molecular flexibility index (Phi) is 4.45. The number of carbonyl (C=O) groups excluding carboxylic acids is 2. The van der Waals surface area contributed by atoms with Crippen LogP contribution in [0.5, 0.6) is 0 Å². The first-order chi connectivity index (χ1) is 9.01. The summed E-state index contributed by atoms with van der Waals surface area (Å²) >= 11 is 0. The highest BCUT2D eigenvalue weighted by Crippen LogP contribution is 2.28. The van der Waals surface area contributed by atoms with E-state index in [1.807, 2.05) is 4.90 Å². The largest absolute Gasteiger partial charge is 0.353 e. The van der Waals surface area contributed by atoms with Gasteiger partial charge in [0.1, 0.15) is 0 Å². The third-order valence-corrected chi connectivity index (χ3v) is 4.36. The van der Waals surface area contributed by atoms with Crippen molar-refractivity contribution in [2.45, 2.75) is 63.5 Å². The molecule has 0 aromatic rings. The molecule has 2 aliphatic rings. The summed E-state index contributed by atoms with van der Waals surface area (Å²) in [6.07, 6.45) is 6.61. The fraction of sp³-hybridized carbons (Fsp3) is 0.857. The molecular formula is C14H25N3O2. The maximum Gasteiger partial charge on any atom is 0.242 e. The first kappa shape index (κ1) is 14.3. The number of carbonyl (C=O) groups is 2. The molecule has 0 aromatic carbocycles. The van der Waals surface area contributed by atoms with Gasteiger partial charge in [-0.1, -0.05) is 19.3 Å². The van der Waals surface area contributed by atoms with Crippen LogP contribution in [0.3, 0.4) is 0 Å². The standard InChI is InChI=1S/C14H25N3O2/c1-11(18)16-12-5-9-17(10-6-12)13(19)14(15)7-3-2-4-8-14/h12H,2-10,15H2,1H3,(H,16,18). The summed E-state index contributed by atoms with van der Waals surface area (Å²) in [6, 6.07) is 0.210. The first-order valence-corrected chi connectivity index (χ1v) is 7.37. The minimum absolute atomic E-state index is 0.00681. The zero-order valence-electron chi connectivity index (χ0n) is 11.8. The molecule has 2 amide bonds. The predicted molar refractivity (Wildman–Crippen MR) is 73.4 cm³/mol. The van der Waals surface area contributed by atoms with Crippen LogP contribution in [0.15, 0.2) is 0 Å². The topological polar surface area (TPSA) is 75.4 Å². The molecule has 2 fully saturated rings. The van der Waals surface area contributed by atoms with Crippen molar-refractivity contribution in [3.05, 3.63) is 0 Å². The molecule has 0 unspecified atom stereocenters. The van der Waals surface area contributed by atoms with Gasteiger partial charge in [0.25, 0.3) is 0 Å². The Morgan fingerprint density at radius 1 is 1.16 bits per heavy atom. The molecule has 0 atom stereocenters. The second kappa shape index (κ2) is 5.90. The molecule has 5 nitrogen and oxygen atoms in total. The summed E-state index contributed by atoms with van der Waals surface area (Å²) in [6.45, 7) is 2.96. The van der Waals surface area contributed by atoms with E-state index in [1.165, 1.54) is 13.3 Å². The zero-order valence-corrected chi connectivity index (χ0v) is 11.8. The van der Waals surface area contributed by atoms with Crippen LogP contribution in [0, 0.1) is 0 Å². The predicted octanol–water partition coefficient (Wildman–Crippen LogP) is 0.775. The van der Waals surface area contributed by atoms with Crippen molar-refractivity contribution in [1.29, 1.82) is 0 Å². The lowest BCUT2D eigenvalue weighted by molar-refractivity contribution is -0.139. The number of hydrogen-bond acceptors (Lipinski definition) is 3. The molecule has 108 valence electrons. The van der Waals surface area contributed by atoms with Crippen molar-refractivity contribution >= 4 is 11.8 Å². The van der Waals surface area contributed by atoms with Crippen LogP contribution in [-0.4, -0.2) is 41.4 Å². The van der Waals surface area contributed by atoms with E-state index in [9.17, 15) is 9.59 Å². The summed E-state index contributed by atoms with van der Waals surface area (Å²) in [4.78, 5) is 25.4. The SMILES string of the molecule is CC(=O)NC1CCN(C(=O)C2(N)CCCCC2)CC1. The van der Waals surface area contributed by atoms with E-state index in [-0.39, 0.29) is 17.9 Å². The highest BCUT2D eigenvalue weighted by molar-refractivity contribution is 5.86. The Morgan fingerprint density at radius 2 is 1.74 bits per heavy atom. The molecular weight excluding hydrogens is 242 g/mol. The second-order valence-corrected chi connectivity index (χ2v) is 5.98. The van der Waals surface area contributed by atoms with Crippen molar-refractivity contribution < 1.29 is 9.59 Å². The fourth-order valence-electron chi connectivity index (χ4n) is 3.23. The smallest absolute Gasteiger partial charge is 0.242 e. The average molecular weight is 267 g/mol. The van der Waals surface area contributed by atoms with E-state index >= 15 is 0 Å². The number of amides is 2. The van der Waals surface area contributed by atoms with Gasteiger partial charge in [0.05, 0.1) is 5.54 Å². The van der Waals surface area contributed by atoms with E-state index in [2.05, 4.69) is 5.32 Å². The summed E-state index contributed by atoms with van der Waals surface area (Å²) in [5.74, 6) is 0.126. The number of hydrogen-bond donors (Lipinski definition) is 2. The van der Waals surface area contributed by atoms with Crippen LogP contribution in [-0.2, 0) is 9.59 Å².